The monoisotopic (exact) mass is 190 g/mol. The average molecular weight is 191 g/mol. The highest BCUT2D eigenvalue weighted by atomic mass is 35.5. The van der Waals surface area contributed by atoms with Gasteiger partial charge >= 0.3 is 5.97 Å². The van der Waals surface area contributed by atoms with Crippen LogP contribution in [0.3, 0.4) is 0 Å². The molecule has 0 aliphatic heterocycles. The van der Waals surface area contributed by atoms with Gasteiger partial charge in [0.05, 0.1) is 17.7 Å². The topological polar surface area (TPSA) is 26.3 Å². The molecule has 0 fully saturated rings. The van der Waals surface area contributed by atoms with Gasteiger partial charge in [-0.05, 0) is 6.42 Å². The van der Waals surface area contributed by atoms with Crippen LogP contribution >= 0.6 is 11.6 Å². The van der Waals surface area contributed by atoms with Crippen LogP contribution in [0.4, 0.5) is 4.39 Å². The lowest BCUT2D eigenvalue weighted by atomic mass is 10.1. The molecular weight excluding hydrogens is 183 g/mol. The Bertz CT molecular complexity index is 268. The van der Waals surface area contributed by atoms with Crippen molar-refractivity contribution in [1.29, 1.82) is 0 Å². The van der Waals surface area contributed by atoms with E-state index in [1.807, 2.05) is 0 Å². The summed E-state index contributed by atoms with van der Waals surface area (Å²) in [5.74, 6) is -1.03. The molecule has 0 bridgehead atoms. The van der Waals surface area contributed by atoms with Crippen molar-refractivity contribution in [2.24, 2.45) is 0 Å². The van der Waals surface area contributed by atoms with Crippen molar-refractivity contribution in [3.63, 3.8) is 0 Å². The maximum Gasteiger partial charge on any atom is 0.339 e. The van der Waals surface area contributed by atoms with E-state index >= 15 is 0 Å². The predicted octanol–water partition coefficient (Wildman–Crippen LogP) is 2.30. The van der Waals surface area contributed by atoms with Gasteiger partial charge in [0.25, 0.3) is 0 Å². The summed E-state index contributed by atoms with van der Waals surface area (Å²) in [6, 6.07) is 0. The molecular formula is C8H8ClFO2. The van der Waals surface area contributed by atoms with Crippen molar-refractivity contribution in [1.82, 2.24) is 0 Å². The molecule has 0 N–H and O–H groups in total. The van der Waals surface area contributed by atoms with Gasteiger partial charge in [0.2, 0.25) is 0 Å². The number of esters is 1. The highest BCUT2D eigenvalue weighted by molar-refractivity contribution is 6.35. The third-order valence-corrected chi connectivity index (χ3v) is 2.00. The Labute approximate surface area is 74.7 Å². The Kier molecular flexibility index (Phi) is 2.87. The minimum Gasteiger partial charge on any atom is -0.465 e. The van der Waals surface area contributed by atoms with E-state index in [1.54, 1.807) is 6.08 Å². The molecule has 0 heterocycles. The maximum atomic E-state index is 12.8. The Morgan fingerprint density at radius 1 is 1.75 bits per heavy atom. The van der Waals surface area contributed by atoms with Gasteiger partial charge < -0.3 is 4.74 Å². The molecule has 0 amide bonds. The van der Waals surface area contributed by atoms with E-state index in [1.165, 1.54) is 7.11 Å². The second-order valence-corrected chi connectivity index (χ2v) is 2.74. The lowest BCUT2D eigenvalue weighted by molar-refractivity contribution is -0.135. The Morgan fingerprint density at radius 2 is 2.42 bits per heavy atom. The van der Waals surface area contributed by atoms with Crippen molar-refractivity contribution in [3.8, 4) is 0 Å². The molecule has 66 valence electrons. The maximum absolute atomic E-state index is 12.8. The summed E-state index contributed by atoms with van der Waals surface area (Å²) in [7, 11) is 1.24. The molecule has 1 rings (SSSR count). The SMILES string of the molecule is COC(=O)C1=CCCC(F)=C1Cl. The van der Waals surface area contributed by atoms with Crippen molar-refractivity contribution in [2.75, 3.05) is 7.11 Å². The standard InChI is InChI=1S/C8H8ClFO2/c1-12-8(11)5-3-2-4-6(10)7(5)9/h3H,2,4H2,1H3. The molecule has 0 saturated heterocycles. The van der Waals surface area contributed by atoms with Gasteiger partial charge in [-0.3, -0.25) is 0 Å². The van der Waals surface area contributed by atoms with Crippen LogP contribution in [0.1, 0.15) is 12.8 Å². The number of hydrogen-bond acceptors (Lipinski definition) is 2. The normalized spacial score (nSPS) is 17.4. The van der Waals surface area contributed by atoms with E-state index in [-0.39, 0.29) is 17.0 Å². The molecule has 2 nitrogen and oxygen atoms in total. The summed E-state index contributed by atoms with van der Waals surface area (Å²) in [5.41, 5.74) is 0.128. The Morgan fingerprint density at radius 3 is 3.00 bits per heavy atom. The van der Waals surface area contributed by atoms with Gasteiger partial charge in [0, 0.05) is 6.42 Å². The number of halogens is 2. The van der Waals surface area contributed by atoms with E-state index < -0.39 is 11.8 Å². The second kappa shape index (κ2) is 3.72. The summed E-state index contributed by atoms with van der Waals surface area (Å²) in [6.07, 6.45) is 2.34. The van der Waals surface area contributed by atoms with Crippen LogP contribution < -0.4 is 0 Å². The summed E-state index contributed by atoms with van der Waals surface area (Å²) < 4.78 is 17.2. The van der Waals surface area contributed by atoms with Crippen LogP contribution in [0.5, 0.6) is 0 Å². The zero-order chi connectivity index (χ0) is 9.14. The van der Waals surface area contributed by atoms with Gasteiger partial charge in [0.1, 0.15) is 5.83 Å². The summed E-state index contributed by atoms with van der Waals surface area (Å²) >= 11 is 5.54. The highest BCUT2D eigenvalue weighted by Gasteiger charge is 2.20. The third-order valence-electron chi connectivity index (χ3n) is 1.59. The quantitative estimate of drug-likeness (QED) is 0.593. The minimum absolute atomic E-state index is 0.117. The first kappa shape index (κ1) is 9.26. The number of ether oxygens (including phenoxy) is 1. The zero-order valence-corrected chi connectivity index (χ0v) is 7.32. The first-order valence-corrected chi connectivity index (χ1v) is 3.87. The van der Waals surface area contributed by atoms with Crippen LogP contribution in [0.2, 0.25) is 0 Å². The Hall–Kier alpha value is -0.830. The van der Waals surface area contributed by atoms with Crippen LogP contribution in [-0.4, -0.2) is 13.1 Å². The number of rotatable bonds is 1. The molecule has 0 aromatic heterocycles. The number of allylic oxidation sites excluding steroid dienone is 2. The van der Waals surface area contributed by atoms with Gasteiger partial charge in [-0.25, -0.2) is 9.18 Å². The number of carbonyl (C=O) groups is 1. The molecule has 1 aliphatic rings. The summed E-state index contributed by atoms with van der Waals surface area (Å²) in [5, 5.41) is -0.117. The first-order valence-electron chi connectivity index (χ1n) is 3.49. The van der Waals surface area contributed by atoms with Crippen molar-refractivity contribution >= 4 is 17.6 Å². The van der Waals surface area contributed by atoms with Crippen molar-refractivity contribution < 1.29 is 13.9 Å². The average Bonchev–Trinajstić information content (AvgIpc) is 2.08. The van der Waals surface area contributed by atoms with Crippen LogP contribution in [0, 0.1) is 0 Å². The first-order chi connectivity index (χ1) is 5.66. The van der Waals surface area contributed by atoms with Gasteiger partial charge in [0.15, 0.2) is 0 Å². The smallest absolute Gasteiger partial charge is 0.339 e. The lowest BCUT2D eigenvalue weighted by Crippen LogP contribution is -2.08. The Balaban J connectivity index is 2.91. The van der Waals surface area contributed by atoms with Crippen molar-refractivity contribution in [3.05, 3.63) is 22.5 Å². The fourth-order valence-corrected chi connectivity index (χ4v) is 1.22. The van der Waals surface area contributed by atoms with E-state index in [0.29, 0.717) is 6.42 Å². The number of carbonyl (C=O) groups excluding carboxylic acids is 1. The minimum atomic E-state index is -0.588. The van der Waals surface area contributed by atoms with Gasteiger partial charge in [-0.15, -0.1) is 0 Å². The molecule has 0 aromatic rings. The van der Waals surface area contributed by atoms with E-state index in [0.717, 1.165) is 0 Å². The van der Waals surface area contributed by atoms with E-state index in [9.17, 15) is 9.18 Å². The van der Waals surface area contributed by atoms with Crippen molar-refractivity contribution in [2.45, 2.75) is 12.8 Å². The third kappa shape index (κ3) is 1.67. The fraction of sp³-hybridized carbons (Fsp3) is 0.375. The molecule has 0 radical (unpaired) electrons. The largest absolute Gasteiger partial charge is 0.465 e. The lowest BCUT2D eigenvalue weighted by Gasteiger charge is -2.09. The molecule has 0 unspecified atom stereocenters. The molecule has 12 heavy (non-hydrogen) atoms. The molecule has 0 saturated carbocycles. The predicted molar refractivity (Wildman–Crippen MR) is 43.3 cm³/mol. The zero-order valence-electron chi connectivity index (χ0n) is 6.56. The summed E-state index contributed by atoms with van der Waals surface area (Å²) in [4.78, 5) is 10.9. The number of methoxy groups -OCH3 is 1. The molecule has 0 spiro atoms. The molecule has 0 atom stereocenters. The molecule has 0 aromatic carbocycles. The van der Waals surface area contributed by atoms with E-state index in [4.69, 9.17) is 11.6 Å². The van der Waals surface area contributed by atoms with Crippen LogP contribution in [0.15, 0.2) is 22.5 Å². The highest BCUT2D eigenvalue weighted by Crippen LogP contribution is 2.29. The molecule has 4 heteroatoms. The number of hydrogen-bond donors (Lipinski definition) is 0. The summed E-state index contributed by atoms with van der Waals surface area (Å²) in [6.45, 7) is 0. The van der Waals surface area contributed by atoms with Gasteiger partial charge in [-0.2, -0.15) is 0 Å². The van der Waals surface area contributed by atoms with Crippen LogP contribution in [-0.2, 0) is 9.53 Å². The fourth-order valence-electron chi connectivity index (χ4n) is 0.972. The second-order valence-electron chi connectivity index (χ2n) is 2.37. The van der Waals surface area contributed by atoms with Crippen LogP contribution in [0.25, 0.3) is 0 Å². The van der Waals surface area contributed by atoms with E-state index in [2.05, 4.69) is 4.74 Å². The van der Waals surface area contributed by atoms with Gasteiger partial charge in [-0.1, -0.05) is 17.7 Å². The molecule has 1 aliphatic carbocycles.